The Bertz CT molecular complexity index is 1360. The van der Waals surface area contributed by atoms with E-state index in [1.165, 1.54) is 11.1 Å². The molecule has 190 valence electrons. The number of fused-ring (bicyclic) bond motifs is 1. The van der Waals surface area contributed by atoms with Crippen LogP contribution in [0.25, 0.3) is 6.08 Å². The molecule has 2 unspecified atom stereocenters. The Balaban J connectivity index is 1.38. The zero-order chi connectivity index (χ0) is 25.4. The Morgan fingerprint density at radius 2 is 1.92 bits per heavy atom. The zero-order valence-electron chi connectivity index (χ0n) is 20.1. The van der Waals surface area contributed by atoms with E-state index in [0.29, 0.717) is 37.8 Å². The number of allylic oxidation sites excluding steroid dienone is 1. The Kier molecular flexibility index (Phi) is 6.09. The quantitative estimate of drug-likeness (QED) is 0.354. The number of nitro groups is 1. The average Bonchev–Trinajstić information content (AvgIpc) is 3.70. The molecule has 1 saturated heterocycles. The average molecular weight is 503 g/mol. The van der Waals surface area contributed by atoms with Crippen molar-refractivity contribution in [2.24, 2.45) is 11.0 Å². The molecule has 37 heavy (non-hydrogen) atoms. The van der Waals surface area contributed by atoms with Crippen molar-refractivity contribution in [1.82, 2.24) is 5.01 Å². The summed E-state index contributed by atoms with van der Waals surface area (Å²) in [5.74, 6) is 0.910. The number of rotatable bonds is 5. The topological polar surface area (TPSA) is 115 Å². The third-order valence-corrected chi connectivity index (χ3v) is 7.17. The lowest BCUT2D eigenvalue weighted by Crippen LogP contribution is -2.36. The van der Waals surface area contributed by atoms with Crippen molar-refractivity contribution < 1.29 is 23.3 Å². The number of amides is 1. The summed E-state index contributed by atoms with van der Waals surface area (Å²) in [4.78, 5) is 27.3. The summed E-state index contributed by atoms with van der Waals surface area (Å²) in [6.45, 7) is 2.12. The summed E-state index contributed by atoms with van der Waals surface area (Å²) in [6.07, 6.45) is 7.79. The first kappa shape index (κ1) is 23.2. The van der Waals surface area contributed by atoms with Gasteiger partial charge in [-0.25, -0.2) is 5.01 Å². The standard InChI is InChI=1S/C27H26N4O6/c32-27(19-8-9-22(23(17-19)31(33)34)29-10-14-35-15-11-29)30-26(24-7-3-13-37-24)21-6-1-4-18(25(21)28-30)16-20-5-2-12-36-20/h2-3,5,7-9,12-13,16-17,21,26H,1,4,6,10-11,14-15H2/b18-16+. The van der Waals surface area contributed by atoms with Gasteiger partial charge in [0.25, 0.3) is 11.6 Å². The van der Waals surface area contributed by atoms with Gasteiger partial charge in [-0.15, -0.1) is 0 Å². The van der Waals surface area contributed by atoms with Crippen LogP contribution in [-0.2, 0) is 4.74 Å². The molecule has 1 aliphatic carbocycles. The Hall–Kier alpha value is -4.18. The lowest BCUT2D eigenvalue weighted by molar-refractivity contribution is -0.384. The molecule has 3 aromatic rings. The van der Waals surface area contributed by atoms with Gasteiger partial charge in [-0.1, -0.05) is 0 Å². The number of carbonyl (C=O) groups is 1. The van der Waals surface area contributed by atoms with E-state index in [-0.39, 0.29) is 17.2 Å². The number of benzene rings is 1. The van der Waals surface area contributed by atoms with Crippen LogP contribution in [0.2, 0.25) is 0 Å². The molecule has 4 heterocycles. The van der Waals surface area contributed by atoms with Crippen molar-refractivity contribution in [3.63, 3.8) is 0 Å². The summed E-state index contributed by atoms with van der Waals surface area (Å²) >= 11 is 0. The molecule has 2 aliphatic heterocycles. The highest BCUT2D eigenvalue weighted by atomic mass is 16.6. The van der Waals surface area contributed by atoms with Gasteiger partial charge in [0.05, 0.1) is 36.4 Å². The van der Waals surface area contributed by atoms with Crippen molar-refractivity contribution >= 4 is 29.1 Å². The van der Waals surface area contributed by atoms with E-state index in [1.807, 2.05) is 29.2 Å². The second-order valence-corrected chi connectivity index (χ2v) is 9.34. The Morgan fingerprint density at radius 3 is 2.65 bits per heavy atom. The summed E-state index contributed by atoms with van der Waals surface area (Å²) in [5, 5.41) is 18.2. The maximum Gasteiger partial charge on any atom is 0.293 e. The third-order valence-electron chi connectivity index (χ3n) is 7.17. The number of hydrogen-bond donors (Lipinski definition) is 0. The van der Waals surface area contributed by atoms with Gasteiger partial charge in [-0.05, 0) is 67.3 Å². The molecule has 0 radical (unpaired) electrons. The van der Waals surface area contributed by atoms with Crippen LogP contribution in [0.1, 0.15) is 47.2 Å². The molecule has 2 atom stereocenters. The van der Waals surface area contributed by atoms with Crippen molar-refractivity contribution in [2.45, 2.75) is 25.3 Å². The van der Waals surface area contributed by atoms with Crippen LogP contribution in [0.15, 0.2) is 74.5 Å². The Morgan fingerprint density at radius 1 is 1.11 bits per heavy atom. The van der Waals surface area contributed by atoms with Crippen LogP contribution in [0.3, 0.4) is 0 Å². The van der Waals surface area contributed by atoms with Gasteiger partial charge >= 0.3 is 0 Å². The number of anilines is 1. The fraction of sp³-hybridized carbons (Fsp3) is 0.333. The van der Waals surface area contributed by atoms with Crippen LogP contribution in [0.4, 0.5) is 11.4 Å². The summed E-state index contributed by atoms with van der Waals surface area (Å²) in [7, 11) is 0. The number of hydrazone groups is 1. The highest BCUT2D eigenvalue weighted by Crippen LogP contribution is 2.45. The second kappa shape index (κ2) is 9.70. The lowest BCUT2D eigenvalue weighted by Gasteiger charge is -2.29. The molecule has 2 aromatic heterocycles. The molecular weight excluding hydrogens is 476 g/mol. The largest absolute Gasteiger partial charge is 0.467 e. The van der Waals surface area contributed by atoms with Gasteiger partial charge in [0, 0.05) is 30.6 Å². The number of nitrogens with zero attached hydrogens (tertiary/aromatic N) is 4. The van der Waals surface area contributed by atoms with Crippen LogP contribution in [0.5, 0.6) is 0 Å². The van der Waals surface area contributed by atoms with Gasteiger partial charge in [0.1, 0.15) is 23.2 Å². The molecule has 6 rings (SSSR count). The number of furan rings is 2. The summed E-state index contributed by atoms with van der Waals surface area (Å²) in [6, 6.07) is 11.6. The van der Waals surface area contributed by atoms with Crippen LogP contribution in [0, 0.1) is 16.0 Å². The van der Waals surface area contributed by atoms with Gasteiger partial charge in [-0.3, -0.25) is 14.9 Å². The van der Waals surface area contributed by atoms with E-state index in [2.05, 4.69) is 0 Å². The lowest BCUT2D eigenvalue weighted by atomic mass is 9.79. The summed E-state index contributed by atoms with van der Waals surface area (Å²) in [5.41, 5.74) is 2.44. The predicted molar refractivity (Wildman–Crippen MR) is 135 cm³/mol. The summed E-state index contributed by atoms with van der Waals surface area (Å²) < 4.78 is 16.7. The van der Waals surface area contributed by atoms with E-state index in [4.69, 9.17) is 18.7 Å². The maximum absolute atomic E-state index is 13.9. The third kappa shape index (κ3) is 4.33. The van der Waals surface area contributed by atoms with Gasteiger partial charge < -0.3 is 18.5 Å². The molecule has 3 aliphatic rings. The monoisotopic (exact) mass is 502 g/mol. The fourth-order valence-corrected chi connectivity index (χ4v) is 5.46. The minimum absolute atomic E-state index is 0.0485. The molecule has 1 amide bonds. The number of ether oxygens (including phenoxy) is 1. The Labute approximate surface area is 212 Å². The van der Waals surface area contributed by atoms with Crippen molar-refractivity contribution in [3.05, 3.63) is 87.8 Å². The van der Waals surface area contributed by atoms with E-state index < -0.39 is 16.9 Å². The number of morpholine rings is 1. The van der Waals surface area contributed by atoms with E-state index in [0.717, 1.165) is 36.3 Å². The van der Waals surface area contributed by atoms with Crippen molar-refractivity contribution in [3.8, 4) is 0 Å². The molecular formula is C27H26N4O6. The van der Waals surface area contributed by atoms with Crippen LogP contribution >= 0.6 is 0 Å². The molecule has 1 saturated carbocycles. The SMILES string of the molecule is O=C(c1ccc(N2CCOCC2)c([N+](=O)[O-])c1)N1N=C2/C(=C/c3ccco3)CCCC2C1c1ccco1. The highest BCUT2D eigenvalue weighted by molar-refractivity contribution is 6.09. The van der Waals surface area contributed by atoms with E-state index in [9.17, 15) is 14.9 Å². The minimum Gasteiger partial charge on any atom is -0.467 e. The molecule has 10 heteroatoms. The highest BCUT2D eigenvalue weighted by Gasteiger charge is 2.45. The van der Waals surface area contributed by atoms with Gasteiger partial charge in [-0.2, -0.15) is 5.10 Å². The molecule has 0 N–H and O–H groups in total. The molecule has 0 spiro atoms. The first-order valence-corrected chi connectivity index (χ1v) is 12.4. The van der Waals surface area contributed by atoms with Crippen LogP contribution < -0.4 is 4.90 Å². The maximum atomic E-state index is 13.9. The number of nitro benzene ring substituents is 1. The van der Waals surface area contributed by atoms with Crippen molar-refractivity contribution in [2.75, 3.05) is 31.2 Å². The van der Waals surface area contributed by atoms with E-state index >= 15 is 0 Å². The molecule has 10 nitrogen and oxygen atoms in total. The number of hydrogen-bond acceptors (Lipinski definition) is 8. The minimum atomic E-state index is -0.439. The number of carbonyl (C=O) groups excluding carboxylic acids is 1. The second-order valence-electron chi connectivity index (χ2n) is 9.34. The molecule has 2 fully saturated rings. The normalized spacial score (nSPS) is 22.7. The first-order chi connectivity index (χ1) is 18.1. The smallest absolute Gasteiger partial charge is 0.293 e. The van der Waals surface area contributed by atoms with Gasteiger partial charge in [0.15, 0.2) is 0 Å². The van der Waals surface area contributed by atoms with E-state index in [1.54, 1.807) is 30.7 Å². The first-order valence-electron chi connectivity index (χ1n) is 12.4. The molecule has 0 bridgehead atoms. The fourth-order valence-electron chi connectivity index (χ4n) is 5.46. The molecule has 1 aromatic carbocycles. The predicted octanol–water partition coefficient (Wildman–Crippen LogP) is 5.05. The zero-order valence-corrected chi connectivity index (χ0v) is 20.1. The van der Waals surface area contributed by atoms with Crippen molar-refractivity contribution in [1.29, 1.82) is 0 Å². The van der Waals surface area contributed by atoms with Gasteiger partial charge in [0.2, 0.25) is 0 Å². The van der Waals surface area contributed by atoms with Crippen LogP contribution in [-0.4, -0.2) is 47.9 Å².